The number of rotatable bonds is 8. The molecule has 0 radical (unpaired) electrons. The second-order valence-corrected chi connectivity index (χ2v) is 8.35. The van der Waals surface area contributed by atoms with Crippen molar-refractivity contribution < 1.29 is 28.9 Å². The molecule has 0 saturated carbocycles. The van der Waals surface area contributed by atoms with Crippen LogP contribution in [0.4, 0.5) is 5.69 Å². The van der Waals surface area contributed by atoms with Crippen molar-refractivity contribution in [2.75, 3.05) is 26.2 Å². The Morgan fingerprint density at radius 3 is 2.18 bits per heavy atom. The van der Waals surface area contributed by atoms with Crippen LogP contribution in [-0.4, -0.2) is 38.1 Å². The number of hydrogen-bond acceptors (Lipinski definition) is 6. The summed E-state index contributed by atoms with van der Waals surface area (Å²) in [6, 6.07) is 17.1. The number of amides is 1. The van der Waals surface area contributed by atoms with Gasteiger partial charge in [0.2, 0.25) is 5.75 Å². The topological polar surface area (TPSA) is 85.3 Å². The second-order valence-electron chi connectivity index (χ2n) is 7.91. The molecule has 1 N–H and O–H groups in total. The van der Waals surface area contributed by atoms with Gasteiger partial charge in [-0.2, -0.15) is 0 Å². The smallest absolute Gasteiger partial charge is 0.264 e. The lowest BCUT2D eigenvalue weighted by Crippen LogP contribution is -2.41. The molecule has 0 saturated heterocycles. The summed E-state index contributed by atoms with van der Waals surface area (Å²) in [5.41, 5.74) is -0.00459. The number of ketones is 1. The van der Waals surface area contributed by atoms with Gasteiger partial charge in [-0.3, -0.25) is 9.59 Å². The highest BCUT2D eigenvalue weighted by molar-refractivity contribution is 6.30. The monoisotopic (exact) mass is 481 g/mol. The number of para-hydroxylation sites is 1. The van der Waals surface area contributed by atoms with Crippen molar-refractivity contribution in [1.29, 1.82) is 0 Å². The van der Waals surface area contributed by atoms with Crippen molar-refractivity contribution in [3.8, 4) is 17.2 Å². The number of methoxy groups -OCH3 is 3. The molecule has 3 aromatic carbocycles. The normalized spacial score (nSPS) is 16.9. The molecule has 1 aliphatic heterocycles. The number of hydrogen-bond donors (Lipinski definition) is 1. The standard InChI is InChI=1S/C26H24ClNO6/c1-32-22-12-17(13-23(33-2)24(22)34-3)21(29)14-26(31)19-6-4-5-7-20(19)28(25(26)30)15-16-8-10-18(27)11-9-16/h4-13,31H,14-15H2,1-3H3/t26-/m1/s1. The summed E-state index contributed by atoms with van der Waals surface area (Å²) in [4.78, 5) is 28.3. The first kappa shape index (κ1) is 23.6. The van der Waals surface area contributed by atoms with Gasteiger partial charge in [-0.25, -0.2) is 0 Å². The zero-order valence-corrected chi connectivity index (χ0v) is 19.8. The molecule has 1 heterocycles. The van der Waals surface area contributed by atoms with Crippen LogP contribution < -0.4 is 19.1 Å². The van der Waals surface area contributed by atoms with Crippen LogP contribution in [0.25, 0.3) is 0 Å². The van der Waals surface area contributed by atoms with Crippen molar-refractivity contribution >= 4 is 29.0 Å². The number of carbonyl (C=O) groups is 2. The van der Waals surface area contributed by atoms with Gasteiger partial charge < -0.3 is 24.2 Å². The fraction of sp³-hybridized carbons (Fsp3) is 0.231. The van der Waals surface area contributed by atoms with E-state index < -0.39 is 23.7 Å². The van der Waals surface area contributed by atoms with Gasteiger partial charge in [0.1, 0.15) is 0 Å². The molecule has 1 aliphatic rings. The predicted molar refractivity (Wildman–Crippen MR) is 128 cm³/mol. The van der Waals surface area contributed by atoms with Crippen LogP contribution in [0.2, 0.25) is 5.02 Å². The molecule has 8 heteroatoms. The van der Waals surface area contributed by atoms with Gasteiger partial charge in [0.25, 0.3) is 5.91 Å². The lowest BCUT2D eigenvalue weighted by molar-refractivity contribution is -0.136. The SMILES string of the molecule is COc1cc(C(=O)C[C@]2(O)C(=O)N(Cc3ccc(Cl)cc3)c3ccccc32)cc(OC)c1OC. The van der Waals surface area contributed by atoms with Crippen LogP contribution in [0, 0.1) is 0 Å². The molecule has 4 rings (SSSR count). The summed E-state index contributed by atoms with van der Waals surface area (Å²) in [7, 11) is 4.36. The molecular formula is C26H24ClNO6. The van der Waals surface area contributed by atoms with Gasteiger partial charge in [-0.15, -0.1) is 0 Å². The molecule has 0 fully saturated rings. The van der Waals surface area contributed by atoms with Gasteiger partial charge in [0.05, 0.1) is 40.0 Å². The number of anilines is 1. The summed E-state index contributed by atoms with van der Waals surface area (Å²) in [5, 5.41) is 12.2. The number of carbonyl (C=O) groups excluding carboxylic acids is 2. The summed E-state index contributed by atoms with van der Waals surface area (Å²) in [5.74, 6) is -0.0567. The molecule has 176 valence electrons. The van der Waals surface area contributed by atoms with E-state index in [1.165, 1.54) is 38.4 Å². The molecule has 0 aromatic heterocycles. The summed E-state index contributed by atoms with van der Waals surface area (Å²) in [6.07, 6.45) is -0.446. The third kappa shape index (κ3) is 4.08. The molecule has 0 aliphatic carbocycles. The van der Waals surface area contributed by atoms with Crippen LogP contribution in [0.3, 0.4) is 0 Å². The maximum atomic E-state index is 13.5. The summed E-state index contributed by atoms with van der Waals surface area (Å²) >= 11 is 5.98. The van der Waals surface area contributed by atoms with Crippen molar-refractivity contribution in [1.82, 2.24) is 0 Å². The van der Waals surface area contributed by atoms with Gasteiger partial charge in [0, 0.05) is 16.1 Å². The minimum atomic E-state index is -2.01. The van der Waals surface area contributed by atoms with Crippen LogP contribution >= 0.6 is 11.6 Å². The lowest BCUT2D eigenvalue weighted by Gasteiger charge is -2.23. The second kappa shape index (κ2) is 9.37. The van der Waals surface area contributed by atoms with E-state index in [4.69, 9.17) is 25.8 Å². The predicted octanol–water partition coefficient (Wildman–Crippen LogP) is 4.37. The third-order valence-electron chi connectivity index (χ3n) is 5.90. The Hall–Kier alpha value is -3.55. The first-order chi connectivity index (χ1) is 16.3. The lowest BCUT2D eigenvalue weighted by atomic mass is 9.88. The molecule has 1 atom stereocenters. The van der Waals surface area contributed by atoms with E-state index in [9.17, 15) is 14.7 Å². The molecule has 34 heavy (non-hydrogen) atoms. The van der Waals surface area contributed by atoms with E-state index in [0.29, 0.717) is 33.5 Å². The minimum Gasteiger partial charge on any atom is -0.493 e. The van der Waals surface area contributed by atoms with Crippen molar-refractivity contribution in [3.05, 3.63) is 82.4 Å². The van der Waals surface area contributed by atoms with E-state index >= 15 is 0 Å². The van der Waals surface area contributed by atoms with Crippen LogP contribution in [0.5, 0.6) is 17.2 Å². The summed E-state index contributed by atoms with van der Waals surface area (Å²) < 4.78 is 16.0. The number of aliphatic hydroxyl groups is 1. The zero-order valence-electron chi connectivity index (χ0n) is 19.0. The molecule has 7 nitrogen and oxygen atoms in total. The fourth-order valence-electron chi connectivity index (χ4n) is 4.18. The molecule has 0 unspecified atom stereocenters. The maximum Gasteiger partial charge on any atom is 0.264 e. The van der Waals surface area contributed by atoms with E-state index in [-0.39, 0.29) is 12.1 Å². The number of Topliss-reactive ketones (excluding diaryl/α,β-unsaturated/α-hetero) is 1. The van der Waals surface area contributed by atoms with Gasteiger partial charge >= 0.3 is 0 Å². The van der Waals surface area contributed by atoms with Gasteiger partial charge in [-0.05, 0) is 35.9 Å². The Balaban J connectivity index is 1.68. The highest BCUT2D eigenvalue weighted by Gasteiger charge is 2.50. The minimum absolute atomic E-state index is 0.226. The quantitative estimate of drug-likeness (QED) is 0.481. The largest absolute Gasteiger partial charge is 0.493 e. The Morgan fingerprint density at radius 2 is 1.59 bits per heavy atom. The van der Waals surface area contributed by atoms with E-state index in [1.54, 1.807) is 36.4 Å². The molecule has 0 bridgehead atoms. The highest BCUT2D eigenvalue weighted by atomic mass is 35.5. The van der Waals surface area contributed by atoms with Gasteiger partial charge in [-0.1, -0.05) is 41.9 Å². The molecule has 1 amide bonds. The Morgan fingerprint density at radius 1 is 0.971 bits per heavy atom. The zero-order chi connectivity index (χ0) is 24.5. The number of fused-ring (bicyclic) bond motifs is 1. The number of halogens is 1. The Bertz CT molecular complexity index is 1220. The molecule has 3 aromatic rings. The average molecular weight is 482 g/mol. The Labute approximate surface area is 202 Å². The molecule has 0 spiro atoms. The number of benzene rings is 3. The van der Waals surface area contributed by atoms with E-state index in [2.05, 4.69) is 0 Å². The Kier molecular flexibility index (Phi) is 6.50. The van der Waals surface area contributed by atoms with Crippen molar-refractivity contribution in [3.63, 3.8) is 0 Å². The first-order valence-corrected chi connectivity index (χ1v) is 10.9. The van der Waals surface area contributed by atoms with Crippen molar-refractivity contribution in [2.45, 2.75) is 18.6 Å². The number of ether oxygens (including phenoxy) is 3. The van der Waals surface area contributed by atoms with Crippen molar-refractivity contribution in [2.24, 2.45) is 0 Å². The highest BCUT2D eigenvalue weighted by Crippen LogP contribution is 2.44. The fourth-order valence-corrected chi connectivity index (χ4v) is 4.31. The number of nitrogens with zero attached hydrogens (tertiary/aromatic N) is 1. The van der Waals surface area contributed by atoms with E-state index in [0.717, 1.165) is 5.56 Å². The average Bonchev–Trinajstić information content (AvgIpc) is 3.06. The van der Waals surface area contributed by atoms with Gasteiger partial charge in [0.15, 0.2) is 22.9 Å². The van der Waals surface area contributed by atoms with Crippen LogP contribution in [0.15, 0.2) is 60.7 Å². The van der Waals surface area contributed by atoms with Crippen LogP contribution in [0.1, 0.15) is 27.9 Å². The van der Waals surface area contributed by atoms with E-state index in [1.807, 2.05) is 12.1 Å². The molecular weight excluding hydrogens is 458 g/mol. The summed E-state index contributed by atoms with van der Waals surface area (Å²) in [6.45, 7) is 0.230. The van der Waals surface area contributed by atoms with Crippen LogP contribution in [-0.2, 0) is 16.9 Å². The maximum absolute atomic E-state index is 13.5. The first-order valence-electron chi connectivity index (χ1n) is 10.5. The third-order valence-corrected chi connectivity index (χ3v) is 6.15.